The Morgan fingerprint density at radius 2 is 2.06 bits per heavy atom. The van der Waals surface area contributed by atoms with E-state index in [-0.39, 0.29) is 12.5 Å². The van der Waals surface area contributed by atoms with Crippen LogP contribution in [0.1, 0.15) is 12.8 Å². The summed E-state index contributed by atoms with van der Waals surface area (Å²) in [4.78, 5) is 32.5. The van der Waals surface area contributed by atoms with Crippen LogP contribution >= 0.6 is 0 Å². The Morgan fingerprint density at radius 1 is 1.38 bits per heavy atom. The Bertz CT molecular complexity index is 296. The highest BCUT2D eigenvalue weighted by atomic mass is 16.5. The third kappa shape index (κ3) is 3.50. The third-order valence-corrected chi connectivity index (χ3v) is 2.29. The van der Waals surface area contributed by atoms with E-state index in [1.54, 1.807) is 0 Å². The molecule has 0 bridgehead atoms. The van der Waals surface area contributed by atoms with Gasteiger partial charge >= 0.3 is 11.9 Å². The van der Waals surface area contributed by atoms with E-state index in [0.717, 1.165) is 0 Å². The first kappa shape index (κ1) is 12.4. The summed E-state index contributed by atoms with van der Waals surface area (Å²) in [6.45, 7) is 0.722. The quantitative estimate of drug-likeness (QED) is 0.563. The number of nitrogens with one attached hydrogen (secondary N) is 1. The van der Waals surface area contributed by atoms with Crippen molar-refractivity contribution in [3.8, 4) is 0 Å². The summed E-state index contributed by atoms with van der Waals surface area (Å²) in [7, 11) is 0. The van der Waals surface area contributed by atoms with Gasteiger partial charge in [0.05, 0.1) is 18.9 Å². The summed E-state index contributed by atoms with van der Waals surface area (Å²) in [6.07, 6.45) is -0.0973. The molecule has 0 aliphatic carbocycles. The topological polar surface area (TPSA) is 113 Å². The Labute approximate surface area is 91.4 Å². The Balaban J connectivity index is 2.50. The number of hydrogen-bond acceptors (Lipinski definition) is 4. The van der Waals surface area contributed by atoms with E-state index in [9.17, 15) is 14.4 Å². The van der Waals surface area contributed by atoms with Gasteiger partial charge in [-0.1, -0.05) is 0 Å². The van der Waals surface area contributed by atoms with Gasteiger partial charge in [-0.05, 0) is 6.42 Å². The fraction of sp³-hybridized carbons (Fsp3) is 0.667. The van der Waals surface area contributed by atoms with Crippen molar-refractivity contribution in [2.45, 2.75) is 18.9 Å². The molecule has 7 nitrogen and oxygen atoms in total. The Hall–Kier alpha value is -1.63. The number of rotatable bonds is 5. The maximum atomic E-state index is 11.5. The lowest BCUT2D eigenvalue weighted by atomic mass is 10.1. The van der Waals surface area contributed by atoms with Crippen molar-refractivity contribution in [2.24, 2.45) is 5.92 Å². The van der Waals surface area contributed by atoms with Gasteiger partial charge in [0.25, 0.3) is 0 Å². The van der Waals surface area contributed by atoms with Gasteiger partial charge in [0.2, 0.25) is 5.91 Å². The predicted molar refractivity (Wildman–Crippen MR) is 50.7 cm³/mol. The van der Waals surface area contributed by atoms with Crippen LogP contribution in [0.15, 0.2) is 0 Å². The zero-order valence-corrected chi connectivity index (χ0v) is 8.51. The molecule has 0 radical (unpaired) electrons. The van der Waals surface area contributed by atoms with Crippen LogP contribution < -0.4 is 5.32 Å². The number of hydrogen-bond donors (Lipinski definition) is 3. The number of ether oxygens (including phenoxy) is 1. The van der Waals surface area contributed by atoms with Crippen LogP contribution in [0.4, 0.5) is 0 Å². The van der Waals surface area contributed by atoms with Crippen molar-refractivity contribution in [3.63, 3.8) is 0 Å². The van der Waals surface area contributed by atoms with Crippen LogP contribution in [-0.2, 0) is 19.1 Å². The normalized spacial score (nSPS) is 21.4. The maximum Gasteiger partial charge on any atom is 0.326 e. The van der Waals surface area contributed by atoms with Crippen molar-refractivity contribution >= 4 is 17.8 Å². The molecule has 7 heteroatoms. The number of carboxylic acid groups (broad SMARTS) is 2. The molecule has 1 fully saturated rings. The van der Waals surface area contributed by atoms with E-state index in [1.807, 2.05) is 0 Å². The molecule has 0 saturated carbocycles. The zero-order valence-electron chi connectivity index (χ0n) is 8.51. The molecule has 1 aliphatic heterocycles. The molecular weight excluding hydrogens is 218 g/mol. The first-order chi connectivity index (χ1) is 7.50. The molecule has 1 saturated heterocycles. The molecule has 0 spiro atoms. The second-order valence-electron chi connectivity index (χ2n) is 3.56. The summed E-state index contributed by atoms with van der Waals surface area (Å²) in [5.41, 5.74) is 0. The van der Waals surface area contributed by atoms with Gasteiger partial charge in [-0.2, -0.15) is 0 Å². The van der Waals surface area contributed by atoms with Crippen LogP contribution in [0.2, 0.25) is 0 Å². The van der Waals surface area contributed by atoms with Gasteiger partial charge in [0.1, 0.15) is 6.04 Å². The number of carbonyl (C=O) groups excluding carboxylic acids is 1. The van der Waals surface area contributed by atoms with E-state index < -0.39 is 30.3 Å². The fourth-order valence-electron chi connectivity index (χ4n) is 1.41. The van der Waals surface area contributed by atoms with Crippen molar-refractivity contribution in [2.75, 3.05) is 13.2 Å². The molecular formula is C9H13NO6. The molecule has 1 amide bonds. The minimum Gasteiger partial charge on any atom is -0.481 e. The highest BCUT2D eigenvalue weighted by Gasteiger charge is 2.29. The van der Waals surface area contributed by atoms with E-state index in [1.165, 1.54) is 0 Å². The first-order valence-corrected chi connectivity index (χ1v) is 4.83. The van der Waals surface area contributed by atoms with E-state index >= 15 is 0 Å². The highest BCUT2D eigenvalue weighted by molar-refractivity contribution is 5.87. The van der Waals surface area contributed by atoms with Crippen LogP contribution in [0.25, 0.3) is 0 Å². The molecule has 0 aromatic heterocycles. The van der Waals surface area contributed by atoms with Gasteiger partial charge in [-0.3, -0.25) is 9.59 Å². The summed E-state index contributed by atoms with van der Waals surface area (Å²) in [5, 5.41) is 19.4. The SMILES string of the molecule is O=C(O)C[C@@H](NC(=O)[C@H]1CCOC1)C(=O)O. The van der Waals surface area contributed by atoms with Gasteiger partial charge in [-0.25, -0.2) is 4.79 Å². The summed E-state index contributed by atoms with van der Waals surface area (Å²) < 4.78 is 4.98. The number of aliphatic carboxylic acids is 2. The van der Waals surface area contributed by atoms with Crippen LogP contribution in [0.5, 0.6) is 0 Å². The monoisotopic (exact) mass is 231 g/mol. The van der Waals surface area contributed by atoms with Crippen molar-refractivity contribution in [1.82, 2.24) is 5.32 Å². The summed E-state index contributed by atoms with van der Waals surface area (Å²) >= 11 is 0. The minimum absolute atomic E-state index is 0.255. The summed E-state index contributed by atoms with van der Waals surface area (Å²) in [5.74, 6) is -3.47. The second-order valence-corrected chi connectivity index (χ2v) is 3.56. The molecule has 1 heterocycles. The van der Waals surface area contributed by atoms with Gasteiger partial charge in [0, 0.05) is 6.61 Å². The van der Waals surface area contributed by atoms with E-state index in [2.05, 4.69) is 5.32 Å². The zero-order chi connectivity index (χ0) is 12.1. The predicted octanol–water partition coefficient (Wildman–Crippen LogP) is -0.933. The van der Waals surface area contributed by atoms with Crippen LogP contribution in [0, 0.1) is 5.92 Å². The van der Waals surface area contributed by atoms with Gasteiger partial charge < -0.3 is 20.3 Å². The number of amides is 1. The maximum absolute atomic E-state index is 11.5. The van der Waals surface area contributed by atoms with Crippen LogP contribution in [-0.4, -0.2) is 47.3 Å². The number of carboxylic acids is 2. The smallest absolute Gasteiger partial charge is 0.326 e. The fourth-order valence-corrected chi connectivity index (χ4v) is 1.41. The first-order valence-electron chi connectivity index (χ1n) is 4.83. The standard InChI is InChI=1S/C9H13NO6/c11-7(12)3-6(9(14)15)10-8(13)5-1-2-16-4-5/h5-6H,1-4H2,(H,10,13)(H,11,12)(H,14,15)/t5-,6+/m0/s1. The molecule has 16 heavy (non-hydrogen) atoms. The molecule has 1 rings (SSSR count). The van der Waals surface area contributed by atoms with Crippen LogP contribution in [0.3, 0.4) is 0 Å². The Kier molecular flexibility index (Phi) is 4.24. The highest BCUT2D eigenvalue weighted by Crippen LogP contribution is 2.12. The number of carbonyl (C=O) groups is 3. The molecule has 90 valence electrons. The Morgan fingerprint density at radius 3 is 2.50 bits per heavy atom. The average Bonchev–Trinajstić information content (AvgIpc) is 2.68. The lowest BCUT2D eigenvalue weighted by Gasteiger charge is -2.14. The lowest BCUT2D eigenvalue weighted by molar-refractivity contribution is -0.147. The van der Waals surface area contributed by atoms with Gasteiger partial charge in [0.15, 0.2) is 0 Å². The molecule has 2 atom stereocenters. The summed E-state index contributed by atoms with van der Waals surface area (Å²) in [6, 6.07) is -1.38. The largest absolute Gasteiger partial charge is 0.481 e. The molecule has 0 unspecified atom stereocenters. The van der Waals surface area contributed by atoms with Crippen molar-refractivity contribution in [1.29, 1.82) is 0 Å². The molecule has 0 aromatic rings. The van der Waals surface area contributed by atoms with Crippen molar-refractivity contribution < 1.29 is 29.3 Å². The third-order valence-electron chi connectivity index (χ3n) is 2.29. The molecule has 1 aliphatic rings. The average molecular weight is 231 g/mol. The molecule has 0 aromatic carbocycles. The van der Waals surface area contributed by atoms with Gasteiger partial charge in [-0.15, -0.1) is 0 Å². The van der Waals surface area contributed by atoms with E-state index in [4.69, 9.17) is 14.9 Å². The van der Waals surface area contributed by atoms with Crippen molar-refractivity contribution in [3.05, 3.63) is 0 Å². The minimum atomic E-state index is -1.38. The second kappa shape index (κ2) is 5.45. The lowest BCUT2D eigenvalue weighted by Crippen LogP contribution is -2.44. The van der Waals surface area contributed by atoms with E-state index in [0.29, 0.717) is 13.0 Å². The molecule has 3 N–H and O–H groups in total.